The maximum atomic E-state index is 2.56. The molecule has 13 heavy (non-hydrogen) atoms. The minimum atomic E-state index is 1.07. The summed E-state index contributed by atoms with van der Waals surface area (Å²) in [6, 6.07) is 0. The number of halogens is 1. The summed E-state index contributed by atoms with van der Waals surface area (Å²) in [5, 5.41) is 0. The Morgan fingerprint density at radius 2 is 1.31 bits per heavy atom. The van der Waals surface area contributed by atoms with Crippen molar-refractivity contribution in [2.24, 2.45) is 17.8 Å². The van der Waals surface area contributed by atoms with Crippen molar-refractivity contribution in [2.75, 3.05) is 4.43 Å². The van der Waals surface area contributed by atoms with Gasteiger partial charge in [-0.25, -0.2) is 0 Å². The lowest BCUT2D eigenvalue weighted by Gasteiger charge is -2.31. The summed E-state index contributed by atoms with van der Waals surface area (Å²) >= 11 is 2.56. The number of alkyl halides is 1. The standard InChI is InChI=1S/C12H21I/c13-9-10-5-7-12(8-6-10)11-3-1-2-4-11/h10-12H,1-9H2/t10-,12+. The Morgan fingerprint density at radius 1 is 0.769 bits per heavy atom. The van der Waals surface area contributed by atoms with E-state index in [-0.39, 0.29) is 0 Å². The van der Waals surface area contributed by atoms with E-state index >= 15 is 0 Å². The van der Waals surface area contributed by atoms with Gasteiger partial charge in [0.25, 0.3) is 0 Å². The Labute approximate surface area is 96.0 Å². The highest BCUT2D eigenvalue weighted by Crippen LogP contribution is 2.40. The second kappa shape index (κ2) is 4.99. The molecule has 1 heteroatoms. The molecule has 2 aliphatic rings. The van der Waals surface area contributed by atoms with E-state index in [4.69, 9.17) is 0 Å². The van der Waals surface area contributed by atoms with Crippen LogP contribution < -0.4 is 0 Å². The first-order valence-electron chi connectivity index (χ1n) is 5.96. The first-order chi connectivity index (χ1) is 6.40. The first-order valence-corrected chi connectivity index (χ1v) is 7.48. The van der Waals surface area contributed by atoms with Crippen molar-refractivity contribution < 1.29 is 0 Å². The molecule has 2 saturated carbocycles. The summed E-state index contributed by atoms with van der Waals surface area (Å²) in [5.74, 6) is 3.33. The van der Waals surface area contributed by atoms with E-state index < -0.39 is 0 Å². The third-order valence-electron chi connectivity index (χ3n) is 4.18. The van der Waals surface area contributed by atoms with E-state index in [0.717, 1.165) is 17.8 Å². The van der Waals surface area contributed by atoms with Gasteiger partial charge in [0.1, 0.15) is 0 Å². The third-order valence-corrected chi connectivity index (χ3v) is 5.42. The Bertz CT molecular complexity index is 141. The van der Waals surface area contributed by atoms with E-state index in [1.165, 1.54) is 30.1 Å². The molecule has 0 heterocycles. The van der Waals surface area contributed by atoms with E-state index in [1.54, 1.807) is 25.7 Å². The molecule has 0 aromatic heterocycles. The maximum absolute atomic E-state index is 2.56. The van der Waals surface area contributed by atoms with Gasteiger partial charge >= 0.3 is 0 Å². The molecule has 0 spiro atoms. The predicted molar refractivity (Wildman–Crippen MR) is 66.3 cm³/mol. The zero-order valence-electron chi connectivity index (χ0n) is 8.47. The summed E-state index contributed by atoms with van der Waals surface area (Å²) in [6.07, 6.45) is 12.3. The molecule has 0 saturated heterocycles. The minimum absolute atomic E-state index is 1.07. The molecule has 0 aromatic rings. The fraction of sp³-hybridized carbons (Fsp3) is 1.00. The lowest BCUT2D eigenvalue weighted by atomic mass is 9.76. The molecule has 0 bridgehead atoms. The zero-order chi connectivity index (χ0) is 9.10. The van der Waals surface area contributed by atoms with Crippen LogP contribution in [0.2, 0.25) is 0 Å². The molecular formula is C12H21I. The van der Waals surface area contributed by atoms with Crippen LogP contribution in [0.25, 0.3) is 0 Å². The van der Waals surface area contributed by atoms with Crippen molar-refractivity contribution >= 4 is 22.6 Å². The van der Waals surface area contributed by atoms with Gasteiger partial charge in [-0.05, 0) is 43.4 Å². The number of hydrogen-bond donors (Lipinski definition) is 0. The summed E-state index contributed by atoms with van der Waals surface area (Å²) in [4.78, 5) is 0. The van der Waals surface area contributed by atoms with Crippen molar-refractivity contribution in [3.8, 4) is 0 Å². The van der Waals surface area contributed by atoms with Crippen LogP contribution in [0.15, 0.2) is 0 Å². The van der Waals surface area contributed by atoms with Crippen LogP contribution in [0, 0.1) is 17.8 Å². The molecular weight excluding hydrogens is 271 g/mol. The minimum Gasteiger partial charge on any atom is -0.0861 e. The number of hydrogen-bond acceptors (Lipinski definition) is 0. The Morgan fingerprint density at radius 3 is 1.85 bits per heavy atom. The van der Waals surface area contributed by atoms with Crippen molar-refractivity contribution in [3.63, 3.8) is 0 Å². The maximum Gasteiger partial charge on any atom is 0.00237 e. The Hall–Kier alpha value is 0.730. The molecule has 0 unspecified atom stereocenters. The van der Waals surface area contributed by atoms with Crippen molar-refractivity contribution in [2.45, 2.75) is 51.4 Å². The Balaban J connectivity index is 1.77. The van der Waals surface area contributed by atoms with Crippen molar-refractivity contribution in [3.05, 3.63) is 0 Å². The zero-order valence-corrected chi connectivity index (χ0v) is 10.6. The second-order valence-electron chi connectivity index (χ2n) is 4.98. The first kappa shape index (κ1) is 10.3. The van der Waals surface area contributed by atoms with Gasteiger partial charge < -0.3 is 0 Å². The van der Waals surface area contributed by atoms with Gasteiger partial charge in [-0.1, -0.05) is 48.3 Å². The highest BCUT2D eigenvalue weighted by molar-refractivity contribution is 14.1. The molecule has 0 aliphatic heterocycles. The molecule has 2 aliphatic carbocycles. The quantitative estimate of drug-likeness (QED) is 0.522. The van der Waals surface area contributed by atoms with Crippen LogP contribution in [-0.2, 0) is 0 Å². The van der Waals surface area contributed by atoms with E-state index in [9.17, 15) is 0 Å². The highest BCUT2D eigenvalue weighted by atomic mass is 127. The molecule has 0 atom stereocenters. The van der Waals surface area contributed by atoms with Crippen LogP contribution in [-0.4, -0.2) is 4.43 Å². The van der Waals surface area contributed by atoms with Gasteiger partial charge in [-0.3, -0.25) is 0 Å². The van der Waals surface area contributed by atoms with Gasteiger partial charge in [0.15, 0.2) is 0 Å². The molecule has 2 fully saturated rings. The lowest BCUT2D eigenvalue weighted by molar-refractivity contribution is 0.218. The largest absolute Gasteiger partial charge is 0.0861 e. The summed E-state index contributed by atoms with van der Waals surface area (Å²) in [7, 11) is 0. The van der Waals surface area contributed by atoms with Gasteiger partial charge in [-0.2, -0.15) is 0 Å². The average Bonchev–Trinajstić information content (AvgIpc) is 2.71. The third kappa shape index (κ3) is 2.60. The summed E-state index contributed by atoms with van der Waals surface area (Å²) < 4.78 is 1.40. The fourth-order valence-corrected chi connectivity index (χ4v) is 4.12. The van der Waals surface area contributed by atoms with Crippen LogP contribution in [0.4, 0.5) is 0 Å². The lowest BCUT2D eigenvalue weighted by Crippen LogP contribution is -2.20. The van der Waals surface area contributed by atoms with Crippen LogP contribution in [0.5, 0.6) is 0 Å². The van der Waals surface area contributed by atoms with E-state index in [2.05, 4.69) is 22.6 Å². The van der Waals surface area contributed by atoms with Crippen molar-refractivity contribution in [1.82, 2.24) is 0 Å². The van der Waals surface area contributed by atoms with E-state index in [1.807, 2.05) is 0 Å². The van der Waals surface area contributed by atoms with Crippen LogP contribution in [0.1, 0.15) is 51.4 Å². The van der Waals surface area contributed by atoms with E-state index in [0.29, 0.717) is 0 Å². The van der Waals surface area contributed by atoms with Crippen molar-refractivity contribution in [1.29, 1.82) is 0 Å². The molecule has 0 radical (unpaired) electrons. The van der Waals surface area contributed by atoms with Gasteiger partial charge in [0.05, 0.1) is 0 Å². The summed E-state index contributed by atoms with van der Waals surface area (Å²) in [6.45, 7) is 0. The highest BCUT2D eigenvalue weighted by Gasteiger charge is 2.28. The van der Waals surface area contributed by atoms with Crippen LogP contribution >= 0.6 is 22.6 Å². The second-order valence-corrected chi connectivity index (χ2v) is 5.86. The molecule has 2 rings (SSSR count). The normalized spacial score (nSPS) is 36.7. The summed E-state index contributed by atoms with van der Waals surface area (Å²) in [5.41, 5.74) is 0. The smallest absolute Gasteiger partial charge is 0.00237 e. The SMILES string of the molecule is IC[C@H]1CC[C@@H](C2CCCC2)CC1. The van der Waals surface area contributed by atoms with Gasteiger partial charge in [0.2, 0.25) is 0 Å². The Kier molecular flexibility index (Phi) is 3.94. The predicted octanol–water partition coefficient (Wildman–Crippen LogP) is 4.42. The van der Waals surface area contributed by atoms with Gasteiger partial charge in [0, 0.05) is 4.43 Å². The fourth-order valence-electron chi connectivity index (χ4n) is 3.24. The molecule has 0 N–H and O–H groups in total. The monoisotopic (exact) mass is 292 g/mol. The average molecular weight is 292 g/mol. The van der Waals surface area contributed by atoms with Gasteiger partial charge in [-0.15, -0.1) is 0 Å². The topological polar surface area (TPSA) is 0 Å². The molecule has 0 aromatic carbocycles. The van der Waals surface area contributed by atoms with Crippen LogP contribution in [0.3, 0.4) is 0 Å². The molecule has 0 amide bonds. The number of rotatable bonds is 2. The molecule has 0 nitrogen and oxygen atoms in total. The molecule has 76 valence electrons.